The minimum Gasteiger partial charge on any atom is -0.480 e. The molecule has 1 rings (SSSR count). The lowest BCUT2D eigenvalue weighted by Gasteiger charge is -2.26. The van der Waals surface area contributed by atoms with Gasteiger partial charge in [0.1, 0.15) is 11.8 Å². The Labute approximate surface area is 138 Å². The largest absolute Gasteiger partial charge is 0.480 e. The van der Waals surface area contributed by atoms with Gasteiger partial charge in [-0.15, -0.1) is 0 Å². The van der Waals surface area contributed by atoms with Crippen molar-refractivity contribution in [1.82, 2.24) is 5.32 Å². The summed E-state index contributed by atoms with van der Waals surface area (Å²) in [6, 6.07) is 4.82. The molecule has 0 aromatic heterocycles. The number of aliphatic carboxylic acids is 1. The smallest absolute Gasteiger partial charge is 0.326 e. The van der Waals surface area contributed by atoms with E-state index in [1.807, 2.05) is 45.9 Å². The number of carbonyl (C=O) groups excluding carboxylic acids is 1. The second-order valence-corrected chi connectivity index (χ2v) is 6.62. The van der Waals surface area contributed by atoms with Crippen LogP contribution in [0.3, 0.4) is 0 Å². The van der Waals surface area contributed by atoms with E-state index in [-0.39, 0.29) is 11.8 Å². The molecule has 0 aliphatic carbocycles. The first-order valence-corrected chi connectivity index (χ1v) is 7.90. The number of ether oxygens (including phenoxy) is 1. The highest BCUT2D eigenvalue weighted by atomic mass is 16.5. The third-order valence-corrected chi connectivity index (χ3v) is 3.68. The Balaban J connectivity index is 2.93. The molecular formula is C18H27NO4. The Hall–Kier alpha value is -2.04. The molecule has 2 N–H and O–H groups in total. The van der Waals surface area contributed by atoms with E-state index in [0.717, 1.165) is 11.1 Å². The average Bonchev–Trinajstić information content (AvgIpc) is 2.42. The van der Waals surface area contributed by atoms with Crippen LogP contribution in [0, 0.1) is 25.7 Å². The zero-order valence-corrected chi connectivity index (χ0v) is 14.7. The molecule has 0 aliphatic heterocycles. The summed E-state index contributed by atoms with van der Waals surface area (Å²) in [7, 11) is 0. The molecule has 2 unspecified atom stereocenters. The Morgan fingerprint density at radius 2 is 1.70 bits per heavy atom. The van der Waals surface area contributed by atoms with Crippen molar-refractivity contribution in [2.24, 2.45) is 11.8 Å². The van der Waals surface area contributed by atoms with Gasteiger partial charge < -0.3 is 15.2 Å². The lowest BCUT2D eigenvalue weighted by atomic mass is 10.0. The molecule has 1 aromatic rings. The van der Waals surface area contributed by atoms with Crippen LogP contribution in [0.25, 0.3) is 0 Å². The monoisotopic (exact) mass is 321 g/mol. The van der Waals surface area contributed by atoms with E-state index in [0.29, 0.717) is 5.75 Å². The fourth-order valence-electron chi connectivity index (χ4n) is 2.31. The number of carboxylic acid groups (broad SMARTS) is 1. The van der Waals surface area contributed by atoms with Crippen molar-refractivity contribution < 1.29 is 19.4 Å². The van der Waals surface area contributed by atoms with Crippen molar-refractivity contribution in [2.75, 3.05) is 0 Å². The van der Waals surface area contributed by atoms with Crippen LogP contribution >= 0.6 is 0 Å². The zero-order valence-electron chi connectivity index (χ0n) is 14.7. The Morgan fingerprint density at radius 1 is 1.09 bits per heavy atom. The van der Waals surface area contributed by atoms with Gasteiger partial charge in [-0.25, -0.2) is 4.79 Å². The van der Waals surface area contributed by atoms with Crippen molar-refractivity contribution in [3.63, 3.8) is 0 Å². The quantitative estimate of drug-likeness (QED) is 0.809. The first-order chi connectivity index (χ1) is 10.6. The minimum atomic E-state index is -1.04. The Morgan fingerprint density at radius 3 is 2.13 bits per heavy atom. The van der Waals surface area contributed by atoms with Crippen LogP contribution in [-0.2, 0) is 9.59 Å². The SMILES string of the molecule is Cc1ccc(OC(C(=O)NC(C(=O)O)C(C)C)C(C)C)c(C)c1. The third kappa shape index (κ3) is 5.27. The van der Waals surface area contributed by atoms with Gasteiger partial charge in [-0.1, -0.05) is 45.4 Å². The van der Waals surface area contributed by atoms with Gasteiger partial charge in [0, 0.05) is 0 Å². The standard InChI is InChI=1S/C18H27NO4/c1-10(2)15(18(21)22)19-17(20)16(11(3)4)23-14-8-7-12(5)9-13(14)6/h7-11,15-16H,1-6H3,(H,19,20)(H,21,22). The lowest BCUT2D eigenvalue weighted by Crippen LogP contribution is -2.51. The number of amides is 1. The van der Waals surface area contributed by atoms with Gasteiger partial charge in [0.2, 0.25) is 0 Å². The molecule has 0 saturated heterocycles. The number of nitrogens with one attached hydrogen (secondary N) is 1. The van der Waals surface area contributed by atoms with Crippen molar-refractivity contribution in [2.45, 2.75) is 53.7 Å². The summed E-state index contributed by atoms with van der Waals surface area (Å²) >= 11 is 0. The molecule has 0 radical (unpaired) electrons. The van der Waals surface area contributed by atoms with E-state index in [4.69, 9.17) is 4.74 Å². The molecule has 0 aliphatic rings. The molecule has 1 amide bonds. The zero-order chi connectivity index (χ0) is 17.7. The fourth-order valence-corrected chi connectivity index (χ4v) is 2.31. The second kappa shape index (κ2) is 7.99. The van der Waals surface area contributed by atoms with E-state index in [1.165, 1.54) is 0 Å². The van der Waals surface area contributed by atoms with Gasteiger partial charge in [-0.2, -0.15) is 0 Å². The Bertz CT molecular complexity index is 566. The molecule has 0 fully saturated rings. The average molecular weight is 321 g/mol. The molecule has 0 spiro atoms. The van der Waals surface area contributed by atoms with Crippen molar-refractivity contribution in [1.29, 1.82) is 0 Å². The van der Waals surface area contributed by atoms with E-state index in [2.05, 4.69) is 5.32 Å². The molecule has 0 bridgehead atoms. The lowest BCUT2D eigenvalue weighted by molar-refractivity contribution is -0.144. The van der Waals surface area contributed by atoms with Crippen LogP contribution in [0.1, 0.15) is 38.8 Å². The van der Waals surface area contributed by atoms with Crippen LogP contribution in [0.4, 0.5) is 0 Å². The molecule has 5 heteroatoms. The number of carbonyl (C=O) groups is 2. The topological polar surface area (TPSA) is 75.6 Å². The van der Waals surface area contributed by atoms with Crippen LogP contribution < -0.4 is 10.1 Å². The van der Waals surface area contributed by atoms with Gasteiger partial charge in [-0.3, -0.25) is 4.79 Å². The number of hydrogen-bond acceptors (Lipinski definition) is 3. The van der Waals surface area contributed by atoms with Crippen LogP contribution in [0.15, 0.2) is 18.2 Å². The van der Waals surface area contributed by atoms with Crippen LogP contribution in [-0.4, -0.2) is 29.1 Å². The van der Waals surface area contributed by atoms with Crippen molar-refractivity contribution in [3.8, 4) is 5.75 Å². The molecule has 23 heavy (non-hydrogen) atoms. The van der Waals surface area contributed by atoms with Gasteiger partial charge in [0.25, 0.3) is 5.91 Å². The predicted octanol–water partition coefficient (Wildman–Crippen LogP) is 2.93. The van der Waals surface area contributed by atoms with Crippen LogP contribution in [0.5, 0.6) is 5.75 Å². The summed E-state index contributed by atoms with van der Waals surface area (Å²) in [6.07, 6.45) is -0.739. The van der Waals surface area contributed by atoms with Crippen molar-refractivity contribution in [3.05, 3.63) is 29.3 Å². The summed E-state index contributed by atoms with van der Waals surface area (Å²) in [5, 5.41) is 11.8. The van der Waals surface area contributed by atoms with Gasteiger partial charge in [-0.05, 0) is 37.3 Å². The summed E-state index contributed by atoms with van der Waals surface area (Å²) in [5.74, 6) is -1.09. The maximum absolute atomic E-state index is 12.5. The van der Waals surface area contributed by atoms with E-state index >= 15 is 0 Å². The second-order valence-electron chi connectivity index (χ2n) is 6.62. The first-order valence-electron chi connectivity index (χ1n) is 7.90. The molecule has 128 valence electrons. The van der Waals surface area contributed by atoms with Gasteiger partial charge >= 0.3 is 5.97 Å². The number of carboxylic acids is 1. The molecular weight excluding hydrogens is 294 g/mol. The highest BCUT2D eigenvalue weighted by Gasteiger charge is 2.30. The molecule has 1 aromatic carbocycles. The summed E-state index contributed by atoms with van der Waals surface area (Å²) in [6.45, 7) is 11.2. The number of rotatable bonds is 7. The minimum absolute atomic E-state index is 0.0858. The van der Waals surface area contributed by atoms with E-state index < -0.39 is 24.0 Å². The molecule has 0 saturated carbocycles. The number of benzene rings is 1. The van der Waals surface area contributed by atoms with E-state index in [9.17, 15) is 14.7 Å². The first kappa shape index (κ1) is 19.0. The molecule has 2 atom stereocenters. The number of aryl methyl sites for hydroxylation is 2. The highest BCUT2D eigenvalue weighted by Crippen LogP contribution is 2.22. The van der Waals surface area contributed by atoms with E-state index in [1.54, 1.807) is 13.8 Å². The maximum Gasteiger partial charge on any atom is 0.326 e. The van der Waals surface area contributed by atoms with Gasteiger partial charge in [0.05, 0.1) is 0 Å². The van der Waals surface area contributed by atoms with Gasteiger partial charge in [0.15, 0.2) is 6.10 Å². The fraction of sp³-hybridized carbons (Fsp3) is 0.556. The highest BCUT2D eigenvalue weighted by molar-refractivity contribution is 5.86. The summed E-state index contributed by atoms with van der Waals surface area (Å²) < 4.78 is 5.88. The maximum atomic E-state index is 12.5. The summed E-state index contributed by atoms with van der Waals surface area (Å²) in [5.41, 5.74) is 2.06. The van der Waals surface area contributed by atoms with Crippen molar-refractivity contribution >= 4 is 11.9 Å². The number of hydrogen-bond donors (Lipinski definition) is 2. The summed E-state index contributed by atoms with van der Waals surface area (Å²) in [4.78, 5) is 23.8. The molecule has 0 heterocycles. The third-order valence-electron chi connectivity index (χ3n) is 3.68. The Kier molecular flexibility index (Phi) is 6.61. The predicted molar refractivity (Wildman–Crippen MR) is 89.6 cm³/mol. The van der Waals surface area contributed by atoms with Crippen LogP contribution in [0.2, 0.25) is 0 Å². The normalized spacial score (nSPS) is 13.7. The molecule has 5 nitrogen and oxygen atoms in total.